The third kappa shape index (κ3) is 18.5. The van der Waals surface area contributed by atoms with Gasteiger partial charge in [-0.2, -0.15) is 25.9 Å². The van der Waals surface area contributed by atoms with Crippen LogP contribution in [-0.4, -0.2) is 0 Å². The summed E-state index contributed by atoms with van der Waals surface area (Å²) < 4.78 is 194. The number of phosphoric ester groups is 2. The number of benzene rings is 9. The average molecular weight is 1260 g/mol. The van der Waals surface area contributed by atoms with Crippen molar-refractivity contribution in [2.45, 2.75) is 0 Å². The van der Waals surface area contributed by atoms with E-state index in [0.717, 1.165) is 0 Å². The van der Waals surface area contributed by atoms with Crippen LogP contribution < -0.4 is 40.7 Å². The average Bonchev–Trinajstić information content (AvgIpc) is 3.65. The number of phosphoric acid groups is 7. The molecule has 9 rings (SSSR count). The molecule has 29 heteroatoms. The van der Waals surface area contributed by atoms with E-state index in [9.17, 15) is 0 Å². The van der Waals surface area contributed by atoms with Crippen LogP contribution >= 0.6 is 54.8 Å². The van der Waals surface area contributed by atoms with Crippen molar-refractivity contribution in [2.75, 3.05) is 0 Å². The highest BCUT2D eigenvalue weighted by Gasteiger charge is 2.59. The standard InChI is InChI=1S/C54H45O22P7/c55-77(62-46-28-10-1-11-29-46,63-47-30-12-2-13-31-47)71-79(57,66-50-36-18-5-19-37-50)73-81(59,68-52-40-22-7-23-41-52)75-83(61,70-54-44-26-9-27-45-54)76-82(60,69-53-42-24-8-25-43-53)74-80(58,67-51-38-20-6-21-39-51)72-78(56,64-48-32-14-3-15-33-48)65-49-34-16-4-17-35-49/h1-45H. The first kappa shape index (κ1) is 60.2. The van der Waals surface area contributed by atoms with Crippen LogP contribution in [0.4, 0.5) is 0 Å². The van der Waals surface area contributed by atoms with Gasteiger partial charge in [0.05, 0.1) is 0 Å². The van der Waals surface area contributed by atoms with Crippen LogP contribution in [0, 0.1) is 0 Å². The molecule has 0 fully saturated rings. The first-order chi connectivity index (χ1) is 39.9. The van der Waals surface area contributed by atoms with Gasteiger partial charge in [-0.1, -0.05) is 164 Å². The number of rotatable bonds is 30. The molecule has 0 saturated heterocycles. The van der Waals surface area contributed by atoms with Crippen LogP contribution in [-0.2, 0) is 57.8 Å². The van der Waals surface area contributed by atoms with E-state index in [1.807, 2.05) is 0 Å². The Hall–Kier alpha value is -7.45. The van der Waals surface area contributed by atoms with E-state index in [1.165, 1.54) is 237 Å². The van der Waals surface area contributed by atoms with Gasteiger partial charge in [0.2, 0.25) is 0 Å². The van der Waals surface area contributed by atoms with Gasteiger partial charge in [-0.25, -0.2) is 32.0 Å². The van der Waals surface area contributed by atoms with Crippen LogP contribution in [0.2, 0.25) is 0 Å². The maximum atomic E-state index is 15.9. The van der Waals surface area contributed by atoms with Crippen molar-refractivity contribution in [3.63, 3.8) is 0 Å². The van der Waals surface area contributed by atoms with Gasteiger partial charge in [-0.15, -0.1) is 0 Å². The first-order valence-corrected chi connectivity index (χ1v) is 34.4. The Morgan fingerprint density at radius 2 is 0.241 bits per heavy atom. The summed E-state index contributed by atoms with van der Waals surface area (Å²) in [5, 5.41) is 0. The Bertz CT molecular complexity index is 3530. The molecular formula is C54H45O22P7. The third-order valence-corrected chi connectivity index (χ3v) is 23.4. The fourth-order valence-corrected chi connectivity index (χ4v) is 19.8. The maximum Gasteiger partial charge on any atom is 0.597 e. The van der Waals surface area contributed by atoms with Gasteiger partial charge in [0.15, 0.2) is 0 Å². The Kier molecular flexibility index (Phi) is 19.8. The summed E-state index contributed by atoms with van der Waals surface area (Å²) in [5.41, 5.74) is 0. The molecule has 4 atom stereocenters. The molecule has 0 bridgehead atoms. The zero-order valence-electron chi connectivity index (χ0n) is 42.6. The predicted molar refractivity (Wildman–Crippen MR) is 303 cm³/mol. The lowest BCUT2D eigenvalue weighted by atomic mass is 10.3. The van der Waals surface area contributed by atoms with Gasteiger partial charge in [0.25, 0.3) is 0 Å². The van der Waals surface area contributed by atoms with Crippen LogP contribution in [0.25, 0.3) is 0 Å². The molecular weight excluding hydrogens is 1220 g/mol. The lowest BCUT2D eigenvalue weighted by Gasteiger charge is -2.29. The van der Waals surface area contributed by atoms with Gasteiger partial charge in [0, 0.05) is 0 Å². The van der Waals surface area contributed by atoms with E-state index in [2.05, 4.69) is 0 Å². The molecule has 0 aromatic heterocycles. The molecule has 0 aliphatic rings. The molecule has 0 aliphatic heterocycles. The second-order valence-corrected chi connectivity index (χ2v) is 28.1. The molecule has 0 N–H and O–H groups in total. The van der Waals surface area contributed by atoms with E-state index in [4.69, 9.17) is 66.6 Å². The van der Waals surface area contributed by atoms with E-state index in [-0.39, 0.29) is 34.5 Å². The minimum Gasteiger partial charge on any atom is -0.403 e. The number of hydrogen-bond donors (Lipinski definition) is 0. The Labute approximate surface area is 475 Å². The van der Waals surface area contributed by atoms with Gasteiger partial charge in [-0.05, 0) is 109 Å². The molecule has 9 aromatic carbocycles. The normalized spacial score (nSPS) is 15.1. The Morgan fingerprint density at radius 3 is 0.361 bits per heavy atom. The molecule has 83 heavy (non-hydrogen) atoms. The maximum absolute atomic E-state index is 15.9. The second-order valence-electron chi connectivity index (χ2n) is 16.3. The monoisotopic (exact) mass is 1260 g/mol. The Balaban J connectivity index is 1.17. The molecule has 0 heterocycles. The molecule has 0 aliphatic carbocycles. The summed E-state index contributed by atoms with van der Waals surface area (Å²) >= 11 is 0. The van der Waals surface area contributed by atoms with E-state index in [0.29, 0.717) is 0 Å². The van der Waals surface area contributed by atoms with Crippen LogP contribution in [0.15, 0.2) is 273 Å². The fourth-order valence-electron chi connectivity index (χ4n) is 6.57. The molecule has 0 radical (unpaired) electrons. The van der Waals surface area contributed by atoms with E-state index < -0.39 is 72.0 Å². The van der Waals surface area contributed by atoms with Crippen molar-refractivity contribution in [2.24, 2.45) is 0 Å². The highest BCUT2D eigenvalue weighted by atomic mass is 31.3. The van der Waals surface area contributed by atoms with Crippen molar-refractivity contribution in [3.8, 4) is 51.7 Å². The highest BCUT2D eigenvalue weighted by molar-refractivity contribution is 7.74. The zero-order chi connectivity index (χ0) is 58.1. The summed E-state index contributed by atoms with van der Waals surface area (Å²) in [6.07, 6.45) is 0. The minimum absolute atomic E-state index is 0.173. The zero-order valence-corrected chi connectivity index (χ0v) is 48.9. The highest BCUT2D eigenvalue weighted by Crippen LogP contribution is 2.80. The lowest BCUT2D eigenvalue weighted by molar-refractivity contribution is 0.192. The topological polar surface area (TPSA) is 258 Å². The third-order valence-electron chi connectivity index (χ3n) is 9.84. The van der Waals surface area contributed by atoms with Gasteiger partial charge < -0.3 is 40.7 Å². The molecule has 0 saturated carbocycles. The Morgan fingerprint density at radius 1 is 0.145 bits per heavy atom. The van der Waals surface area contributed by atoms with Gasteiger partial charge in [-0.3, -0.25) is 0 Å². The van der Waals surface area contributed by atoms with Crippen molar-refractivity contribution in [3.05, 3.63) is 273 Å². The van der Waals surface area contributed by atoms with Crippen molar-refractivity contribution in [1.82, 2.24) is 0 Å². The molecule has 0 amide bonds. The number of hydrogen-bond acceptors (Lipinski definition) is 22. The van der Waals surface area contributed by atoms with Crippen LogP contribution in [0.5, 0.6) is 51.7 Å². The second kappa shape index (κ2) is 27.3. The number of para-hydroxylation sites is 9. The van der Waals surface area contributed by atoms with Crippen LogP contribution in [0.3, 0.4) is 0 Å². The van der Waals surface area contributed by atoms with Crippen molar-refractivity contribution in [1.29, 1.82) is 0 Å². The molecule has 22 nitrogen and oxygen atoms in total. The van der Waals surface area contributed by atoms with Crippen molar-refractivity contribution >= 4 is 54.8 Å². The van der Waals surface area contributed by atoms with E-state index >= 15 is 32.0 Å². The molecule has 4 unspecified atom stereocenters. The smallest absolute Gasteiger partial charge is 0.403 e. The summed E-state index contributed by atoms with van der Waals surface area (Å²) in [5.74, 6) is -2.77. The SMILES string of the molecule is O=P(Oc1ccccc1)(Oc1ccccc1)OP(=O)(Oc1ccccc1)OP(=O)(Oc1ccccc1)OP(=O)(Oc1ccccc1)OP(=O)(Oc1ccccc1)OP(=O)(Oc1ccccc1)OP(=O)(Oc1ccccc1)Oc1ccccc1. The van der Waals surface area contributed by atoms with Crippen LogP contribution in [0.1, 0.15) is 0 Å². The molecule has 428 valence electrons. The largest absolute Gasteiger partial charge is 0.597 e. The minimum atomic E-state index is -6.37. The summed E-state index contributed by atoms with van der Waals surface area (Å²) in [7, 11) is -42.0. The van der Waals surface area contributed by atoms with Gasteiger partial charge >= 0.3 is 54.8 Å². The summed E-state index contributed by atoms with van der Waals surface area (Å²) in [6, 6.07) is 62.7. The van der Waals surface area contributed by atoms with E-state index in [1.54, 1.807) is 36.4 Å². The quantitative estimate of drug-likeness (QED) is 0.0379. The lowest BCUT2D eigenvalue weighted by Crippen LogP contribution is -2.13. The molecule has 9 aromatic rings. The summed E-state index contributed by atoms with van der Waals surface area (Å²) in [6.45, 7) is 0. The van der Waals surface area contributed by atoms with Gasteiger partial charge in [0.1, 0.15) is 51.7 Å². The summed E-state index contributed by atoms with van der Waals surface area (Å²) in [4.78, 5) is 0. The predicted octanol–water partition coefficient (Wildman–Crippen LogP) is 18.6. The molecule has 0 spiro atoms. The fraction of sp³-hybridized carbons (Fsp3) is 0. The van der Waals surface area contributed by atoms with Crippen molar-refractivity contribution < 1.29 is 98.5 Å². The first-order valence-electron chi connectivity index (χ1n) is 24.1.